The molecule has 0 spiro atoms. The molecule has 5 nitrogen and oxygen atoms in total. The van der Waals surface area contributed by atoms with Gasteiger partial charge in [0.15, 0.2) is 0 Å². The normalized spacial score (nSPS) is 15.4. The first kappa shape index (κ1) is 22.1. The number of benzene rings is 3. The fourth-order valence-electron chi connectivity index (χ4n) is 4.19. The maximum Gasteiger partial charge on any atom is 0.258 e. The number of hydrogen-bond acceptors (Lipinski definition) is 3. The van der Waals surface area contributed by atoms with Crippen LogP contribution in [0.2, 0.25) is 5.02 Å². The third-order valence-corrected chi connectivity index (χ3v) is 6.15. The van der Waals surface area contributed by atoms with Crippen LogP contribution >= 0.6 is 11.6 Å². The number of nitrogens with one attached hydrogen (secondary N) is 1. The largest absolute Gasteiger partial charge is 0.322 e. The molecule has 0 radical (unpaired) electrons. The van der Waals surface area contributed by atoms with E-state index >= 15 is 0 Å². The summed E-state index contributed by atoms with van der Waals surface area (Å²) in [6.07, 6.45) is 0.830. The van der Waals surface area contributed by atoms with E-state index in [0.717, 1.165) is 23.2 Å². The summed E-state index contributed by atoms with van der Waals surface area (Å²) in [5.41, 5.74) is 4.71. The summed E-state index contributed by atoms with van der Waals surface area (Å²) < 4.78 is 0. The van der Waals surface area contributed by atoms with Crippen molar-refractivity contribution in [1.29, 1.82) is 0 Å². The Morgan fingerprint density at radius 2 is 1.75 bits per heavy atom. The van der Waals surface area contributed by atoms with Crippen LogP contribution in [0.25, 0.3) is 0 Å². The zero-order valence-electron chi connectivity index (χ0n) is 18.4. The monoisotopic (exact) mass is 447 g/mol. The molecule has 2 amide bonds. The average molecular weight is 448 g/mol. The van der Waals surface area contributed by atoms with Crippen LogP contribution in [-0.2, 0) is 0 Å². The van der Waals surface area contributed by atoms with Gasteiger partial charge in [-0.15, -0.1) is 0 Å². The van der Waals surface area contributed by atoms with E-state index < -0.39 is 0 Å². The first-order chi connectivity index (χ1) is 15.3. The minimum Gasteiger partial charge on any atom is -0.322 e. The molecule has 0 aliphatic carbocycles. The van der Waals surface area contributed by atoms with Gasteiger partial charge in [0.1, 0.15) is 0 Å². The lowest BCUT2D eigenvalue weighted by Crippen LogP contribution is -2.39. The van der Waals surface area contributed by atoms with Crippen molar-refractivity contribution in [2.24, 2.45) is 0 Å². The van der Waals surface area contributed by atoms with Crippen molar-refractivity contribution in [1.82, 2.24) is 4.90 Å². The lowest BCUT2D eigenvalue weighted by atomic mass is 9.95. The highest BCUT2D eigenvalue weighted by Gasteiger charge is 2.30. The zero-order valence-corrected chi connectivity index (χ0v) is 19.2. The summed E-state index contributed by atoms with van der Waals surface area (Å²) in [6.45, 7) is 2.53. The van der Waals surface area contributed by atoms with Gasteiger partial charge in [-0.05, 0) is 87.1 Å². The lowest BCUT2D eigenvalue weighted by Gasteiger charge is -2.37. The number of nitrogens with zero attached hydrogens (tertiary/aromatic N) is 2. The van der Waals surface area contributed by atoms with Crippen molar-refractivity contribution in [2.45, 2.75) is 19.4 Å². The van der Waals surface area contributed by atoms with Gasteiger partial charge in [-0.3, -0.25) is 9.59 Å². The maximum atomic E-state index is 13.3. The van der Waals surface area contributed by atoms with Gasteiger partial charge in [0.2, 0.25) is 0 Å². The molecule has 32 heavy (non-hydrogen) atoms. The summed E-state index contributed by atoms with van der Waals surface area (Å²) in [5, 5.41) is 3.57. The van der Waals surface area contributed by atoms with E-state index in [-0.39, 0.29) is 17.9 Å². The Bertz CT molecular complexity index is 1160. The molecule has 0 bridgehead atoms. The zero-order chi connectivity index (χ0) is 22.8. The molecule has 1 unspecified atom stereocenters. The van der Waals surface area contributed by atoms with E-state index in [0.29, 0.717) is 28.4 Å². The predicted octanol–water partition coefficient (Wildman–Crippen LogP) is 5.55. The molecule has 1 atom stereocenters. The highest BCUT2D eigenvalue weighted by Crippen LogP contribution is 2.38. The van der Waals surface area contributed by atoms with Crippen LogP contribution < -0.4 is 10.2 Å². The number of hydrogen-bond donors (Lipinski definition) is 1. The van der Waals surface area contributed by atoms with E-state index in [4.69, 9.17) is 11.6 Å². The summed E-state index contributed by atoms with van der Waals surface area (Å²) in [6, 6.07) is 20.4. The number of amides is 2. The number of carbonyl (C=O) groups excluding carboxylic acids is 2. The van der Waals surface area contributed by atoms with Crippen LogP contribution in [0.1, 0.15) is 44.3 Å². The molecule has 6 heteroatoms. The molecular formula is C26H26ClN3O2. The Labute approximate surface area is 193 Å². The topological polar surface area (TPSA) is 52.7 Å². The van der Waals surface area contributed by atoms with Gasteiger partial charge in [0.25, 0.3) is 11.8 Å². The predicted molar refractivity (Wildman–Crippen MR) is 130 cm³/mol. The van der Waals surface area contributed by atoms with Crippen molar-refractivity contribution >= 4 is 34.8 Å². The number of aryl methyl sites for hydroxylation is 1. The summed E-state index contributed by atoms with van der Waals surface area (Å²) in [4.78, 5) is 29.8. The first-order valence-electron chi connectivity index (χ1n) is 10.6. The Hall–Kier alpha value is -3.15. The second-order valence-corrected chi connectivity index (χ2v) is 8.71. The number of rotatable bonds is 4. The number of halogens is 1. The van der Waals surface area contributed by atoms with E-state index in [9.17, 15) is 9.59 Å². The van der Waals surface area contributed by atoms with Gasteiger partial charge >= 0.3 is 0 Å². The molecular weight excluding hydrogens is 422 g/mol. The Morgan fingerprint density at radius 1 is 1.03 bits per heavy atom. The van der Waals surface area contributed by atoms with Crippen LogP contribution in [0, 0.1) is 6.92 Å². The third-order valence-electron chi connectivity index (χ3n) is 5.91. The molecule has 164 valence electrons. The Kier molecular flexibility index (Phi) is 6.31. The fraction of sp³-hybridized carbons (Fsp3) is 0.231. The van der Waals surface area contributed by atoms with Crippen molar-refractivity contribution < 1.29 is 9.59 Å². The number of carbonyl (C=O) groups is 2. The van der Waals surface area contributed by atoms with Crippen molar-refractivity contribution in [2.75, 3.05) is 30.9 Å². The number of fused-ring (bicyclic) bond motifs is 1. The van der Waals surface area contributed by atoms with E-state index in [1.54, 1.807) is 30.3 Å². The Morgan fingerprint density at radius 3 is 2.44 bits per heavy atom. The van der Waals surface area contributed by atoms with Crippen LogP contribution in [0.15, 0.2) is 66.7 Å². The molecule has 0 saturated carbocycles. The van der Waals surface area contributed by atoms with Crippen LogP contribution in [0.5, 0.6) is 0 Å². The average Bonchev–Trinajstić information content (AvgIpc) is 2.78. The molecule has 0 fully saturated rings. The summed E-state index contributed by atoms with van der Waals surface area (Å²) >= 11 is 6.25. The quantitative estimate of drug-likeness (QED) is 0.570. The second kappa shape index (κ2) is 9.15. The standard InChI is InChI=1S/C26H26ClN3O2/c1-17-6-4-5-7-21(17)25(31)28-20-11-8-18(9-12-20)26(32)30-15-14-23(29(2)3)22-16-19(27)10-13-24(22)30/h4-13,16,23H,14-15H2,1-3H3,(H,28,31). The minimum atomic E-state index is -0.168. The van der Waals surface area contributed by atoms with Gasteiger partial charge < -0.3 is 15.1 Å². The molecule has 4 rings (SSSR count). The van der Waals surface area contributed by atoms with Crippen LogP contribution in [0.3, 0.4) is 0 Å². The fourth-order valence-corrected chi connectivity index (χ4v) is 4.37. The van der Waals surface area contributed by atoms with E-state index in [2.05, 4.69) is 10.2 Å². The highest BCUT2D eigenvalue weighted by molar-refractivity contribution is 6.30. The second-order valence-electron chi connectivity index (χ2n) is 8.27. The van der Waals surface area contributed by atoms with Crippen LogP contribution in [-0.4, -0.2) is 37.4 Å². The van der Waals surface area contributed by atoms with Gasteiger partial charge in [0.05, 0.1) is 0 Å². The van der Waals surface area contributed by atoms with Gasteiger partial charge in [-0.25, -0.2) is 0 Å². The SMILES string of the molecule is Cc1ccccc1C(=O)Nc1ccc(C(=O)N2CCC(N(C)C)c3cc(Cl)ccc32)cc1. The number of anilines is 2. The van der Waals surface area contributed by atoms with E-state index in [1.165, 1.54) is 0 Å². The van der Waals surface area contributed by atoms with Gasteiger partial charge in [0, 0.05) is 40.1 Å². The van der Waals surface area contributed by atoms with Gasteiger partial charge in [-0.2, -0.15) is 0 Å². The first-order valence-corrected chi connectivity index (χ1v) is 11.0. The van der Waals surface area contributed by atoms with E-state index in [1.807, 2.05) is 62.3 Å². The summed E-state index contributed by atoms with van der Waals surface area (Å²) in [7, 11) is 4.08. The minimum absolute atomic E-state index is 0.0671. The third kappa shape index (κ3) is 4.40. The molecule has 3 aromatic rings. The lowest BCUT2D eigenvalue weighted by molar-refractivity contribution is 0.0979. The molecule has 0 saturated heterocycles. The highest BCUT2D eigenvalue weighted by atomic mass is 35.5. The maximum absolute atomic E-state index is 13.3. The molecule has 1 heterocycles. The molecule has 3 aromatic carbocycles. The van der Waals surface area contributed by atoms with Gasteiger partial charge in [-0.1, -0.05) is 29.8 Å². The molecule has 1 aliphatic rings. The molecule has 0 aromatic heterocycles. The Balaban J connectivity index is 1.54. The molecule has 1 N–H and O–H groups in total. The smallest absolute Gasteiger partial charge is 0.258 e. The summed E-state index contributed by atoms with van der Waals surface area (Å²) in [5.74, 6) is -0.235. The molecule has 1 aliphatic heterocycles. The van der Waals surface area contributed by atoms with Crippen molar-refractivity contribution in [3.8, 4) is 0 Å². The van der Waals surface area contributed by atoms with Crippen LogP contribution in [0.4, 0.5) is 11.4 Å². The van der Waals surface area contributed by atoms with Crippen molar-refractivity contribution in [3.05, 3.63) is 94.0 Å². The van der Waals surface area contributed by atoms with Crippen molar-refractivity contribution in [3.63, 3.8) is 0 Å².